The molecule has 116 valence electrons. The van der Waals surface area contributed by atoms with Crippen molar-refractivity contribution in [3.63, 3.8) is 0 Å². The molecule has 0 aromatic heterocycles. The molecule has 1 saturated heterocycles. The minimum absolute atomic E-state index is 0.276. The molecular formula is C12H16FN3O4S. The maximum Gasteiger partial charge on any atom is 0.306 e. The molecule has 1 aliphatic heterocycles. The molecule has 1 aromatic carbocycles. The van der Waals surface area contributed by atoms with E-state index in [4.69, 9.17) is 0 Å². The Morgan fingerprint density at radius 1 is 1.38 bits per heavy atom. The van der Waals surface area contributed by atoms with Gasteiger partial charge in [0, 0.05) is 18.7 Å². The molecule has 2 N–H and O–H groups in total. The first-order valence-electron chi connectivity index (χ1n) is 6.57. The molecule has 7 nitrogen and oxygen atoms in total. The summed E-state index contributed by atoms with van der Waals surface area (Å²) in [5.74, 6) is -1.06. The van der Waals surface area contributed by atoms with Gasteiger partial charge < -0.3 is 5.32 Å². The van der Waals surface area contributed by atoms with Gasteiger partial charge in [-0.15, -0.1) is 0 Å². The van der Waals surface area contributed by atoms with Gasteiger partial charge in [-0.05, 0) is 31.5 Å². The van der Waals surface area contributed by atoms with E-state index in [1.54, 1.807) is 0 Å². The third kappa shape index (κ3) is 3.96. The van der Waals surface area contributed by atoms with Gasteiger partial charge in [0.1, 0.15) is 0 Å². The summed E-state index contributed by atoms with van der Waals surface area (Å²) < 4.78 is 40.2. The lowest BCUT2D eigenvalue weighted by Crippen LogP contribution is -2.40. The van der Waals surface area contributed by atoms with Crippen molar-refractivity contribution in [1.82, 2.24) is 10.0 Å². The van der Waals surface area contributed by atoms with Crippen LogP contribution in [0.3, 0.4) is 0 Å². The summed E-state index contributed by atoms with van der Waals surface area (Å²) in [5, 5.41) is 13.8. The number of rotatable bonds is 4. The fourth-order valence-corrected chi connectivity index (χ4v) is 3.50. The second kappa shape index (κ2) is 6.46. The molecule has 0 spiro atoms. The van der Waals surface area contributed by atoms with E-state index in [2.05, 4.69) is 10.0 Å². The maximum atomic E-state index is 13.3. The van der Waals surface area contributed by atoms with E-state index >= 15 is 0 Å². The first-order valence-corrected chi connectivity index (χ1v) is 8.05. The Bertz CT molecular complexity index is 627. The lowest BCUT2D eigenvalue weighted by atomic mass is 10.2. The van der Waals surface area contributed by atoms with Crippen molar-refractivity contribution in [3.05, 3.63) is 34.1 Å². The van der Waals surface area contributed by atoms with E-state index < -0.39 is 26.5 Å². The molecule has 0 radical (unpaired) electrons. The van der Waals surface area contributed by atoms with Crippen LogP contribution in [0.25, 0.3) is 0 Å². The summed E-state index contributed by atoms with van der Waals surface area (Å²) in [6.07, 6.45) is 2.56. The normalized spacial score (nSPS) is 20.0. The molecule has 2 rings (SSSR count). The molecule has 1 heterocycles. The van der Waals surface area contributed by atoms with Crippen LogP contribution in [-0.2, 0) is 10.0 Å². The van der Waals surface area contributed by atoms with Gasteiger partial charge in [0.25, 0.3) is 0 Å². The summed E-state index contributed by atoms with van der Waals surface area (Å²) >= 11 is 0. The summed E-state index contributed by atoms with van der Waals surface area (Å²) in [6.45, 7) is 1.34. The van der Waals surface area contributed by atoms with E-state index in [0.29, 0.717) is 13.0 Å². The van der Waals surface area contributed by atoms with E-state index in [1.807, 2.05) is 0 Å². The zero-order valence-corrected chi connectivity index (χ0v) is 12.0. The Hall–Kier alpha value is -1.58. The Morgan fingerprint density at radius 2 is 2.14 bits per heavy atom. The first-order chi connectivity index (χ1) is 9.90. The average molecular weight is 317 g/mol. The van der Waals surface area contributed by atoms with Crippen molar-refractivity contribution in [2.45, 2.75) is 30.2 Å². The summed E-state index contributed by atoms with van der Waals surface area (Å²) in [6, 6.07) is 2.27. The number of nitro groups is 1. The maximum absolute atomic E-state index is 13.3. The number of halogens is 1. The smallest absolute Gasteiger partial charge is 0.306 e. The van der Waals surface area contributed by atoms with Crippen molar-refractivity contribution in [2.75, 3.05) is 13.1 Å². The highest BCUT2D eigenvalue weighted by Gasteiger charge is 2.24. The van der Waals surface area contributed by atoms with Crippen LogP contribution in [0, 0.1) is 15.9 Å². The molecular weight excluding hydrogens is 301 g/mol. The van der Waals surface area contributed by atoms with Gasteiger partial charge in [-0.1, -0.05) is 6.42 Å². The van der Waals surface area contributed by atoms with Gasteiger partial charge in [-0.3, -0.25) is 10.1 Å². The highest BCUT2D eigenvalue weighted by Crippen LogP contribution is 2.22. The Balaban J connectivity index is 2.22. The number of hydrogen-bond acceptors (Lipinski definition) is 5. The molecule has 1 aliphatic rings. The van der Waals surface area contributed by atoms with Crippen LogP contribution in [0.15, 0.2) is 23.1 Å². The molecule has 0 aliphatic carbocycles. The van der Waals surface area contributed by atoms with E-state index in [9.17, 15) is 22.9 Å². The quantitative estimate of drug-likeness (QED) is 0.641. The van der Waals surface area contributed by atoms with Gasteiger partial charge in [0.2, 0.25) is 15.8 Å². The zero-order valence-electron chi connectivity index (χ0n) is 11.2. The lowest BCUT2D eigenvalue weighted by Gasteiger charge is -2.16. The number of benzene rings is 1. The minimum atomic E-state index is -3.91. The molecule has 0 saturated carbocycles. The van der Waals surface area contributed by atoms with Crippen LogP contribution in [0.5, 0.6) is 0 Å². The van der Waals surface area contributed by atoms with Crippen LogP contribution < -0.4 is 10.0 Å². The van der Waals surface area contributed by atoms with Gasteiger partial charge in [0.15, 0.2) is 0 Å². The predicted molar refractivity (Wildman–Crippen MR) is 73.9 cm³/mol. The summed E-state index contributed by atoms with van der Waals surface area (Å²) in [4.78, 5) is 9.43. The highest BCUT2D eigenvalue weighted by molar-refractivity contribution is 7.89. The molecule has 1 fully saturated rings. The standard InChI is InChI=1S/C12H16FN3O4S/c13-11-5-4-10(7-12(11)16(17)18)21(19,20)15-9-3-1-2-6-14-8-9/h4-5,7,9,14-15H,1-3,6,8H2. The molecule has 0 amide bonds. The van der Waals surface area contributed by atoms with Gasteiger partial charge in [0.05, 0.1) is 9.82 Å². The van der Waals surface area contributed by atoms with Crippen LogP contribution in [0.4, 0.5) is 10.1 Å². The molecule has 1 unspecified atom stereocenters. The van der Waals surface area contributed by atoms with E-state index in [-0.39, 0.29) is 10.9 Å². The van der Waals surface area contributed by atoms with Gasteiger partial charge >= 0.3 is 5.69 Å². The van der Waals surface area contributed by atoms with Crippen molar-refractivity contribution in [2.24, 2.45) is 0 Å². The lowest BCUT2D eigenvalue weighted by molar-refractivity contribution is -0.387. The Morgan fingerprint density at radius 3 is 2.86 bits per heavy atom. The number of sulfonamides is 1. The zero-order chi connectivity index (χ0) is 15.5. The number of hydrogen-bond donors (Lipinski definition) is 2. The predicted octanol–water partition coefficient (Wildman–Crippen LogP) is 1.15. The molecule has 1 aromatic rings. The average Bonchev–Trinajstić information content (AvgIpc) is 2.66. The molecule has 1 atom stereocenters. The monoisotopic (exact) mass is 317 g/mol. The number of nitro benzene ring substituents is 1. The third-order valence-electron chi connectivity index (χ3n) is 3.29. The summed E-state index contributed by atoms with van der Waals surface area (Å²) in [7, 11) is -3.91. The molecule has 9 heteroatoms. The minimum Gasteiger partial charge on any atom is -0.315 e. The molecule has 0 bridgehead atoms. The summed E-state index contributed by atoms with van der Waals surface area (Å²) in [5.41, 5.74) is -0.850. The first kappa shape index (κ1) is 15.8. The Kier molecular flexibility index (Phi) is 4.86. The topological polar surface area (TPSA) is 101 Å². The third-order valence-corrected chi connectivity index (χ3v) is 4.81. The highest BCUT2D eigenvalue weighted by atomic mass is 32.2. The molecule has 21 heavy (non-hydrogen) atoms. The van der Waals surface area contributed by atoms with Crippen molar-refractivity contribution in [1.29, 1.82) is 0 Å². The number of nitrogens with one attached hydrogen (secondary N) is 2. The van der Waals surface area contributed by atoms with Gasteiger partial charge in [-0.25, -0.2) is 13.1 Å². The van der Waals surface area contributed by atoms with E-state index in [0.717, 1.165) is 37.6 Å². The Labute approximate surface area is 121 Å². The fourth-order valence-electron chi connectivity index (χ4n) is 2.21. The second-order valence-corrected chi connectivity index (χ2v) is 6.60. The van der Waals surface area contributed by atoms with Crippen LogP contribution >= 0.6 is 0 Å². The van der Waals surface area contributed by atoms with Crippen molar-refractivity contribution in [3.8, 4) is 0 Å². The van der Waals surface area contributed by atoms with Crippen LogP contribution in [-0.4, -0.2) is 32.5 Å². The van der Waals surface area contributed by atoms with Crippen LogP contribution in [0.1, 0.15) is 19.3 Å². The largest absolute Gasteiger partial charge is 0.315 e. The fraction of sp³-hybridized carbons (Fsp3) is 0.500. The van der Waals surface area contributed by atoms with Crippen molar-refractivity contribution >= 4 is 15.7 Å². The van der Waals surface area contributed by atoms with Crippen molar-refractivity contribution < 1.29 is 17.7 Å². The van der Waals surface area contributed by atoms with E-state index in [1.165, 1.54) is 0 Å². The van der Waals surface area contributed by atoms with Crippen LogP contribution in [0.2, 0.25) is 0 Å². The van der Waals surface area contributed by atoms with Gasteiger partial charge in [-0.2, -0.15) is 4.39 Å². The number of nitrogens with zero attached hydrogens (tertiary/aromatic N) is 1. The second-order valence-electron chi connectivity index (χ2n) is 4.89. The SMILES string of the molecule is O=[N+]([O-])c1cc(S(=O)(=O)NC2CCCCNC2)ccc1F.